The van der Waals surface area contributed by atoms with Crippen LogP contribution in [0, 0.1) is 10.6 Å². The molecule has 1 saturated carbocycles. The Morgan fingerprint density at radius 2 is 2.16 bits per heavy atom. The Morgan fingerprint density at radius 1 is 1.42 bits per heavy atom. The standard InChI is InChI=1S/C14H18FN3S/c1-17(2)14(7-4-8-14)9-18-11-6-3-5-10(15)12(11)16-13(18)19/h3,5-6H,4,7-9H2,1-2H3,(H,16,19). The highest BCUT2D eigenvalue weighted by atomic mass is 32.1. The van der Waals surface area contributed by atoms with Gasteiger partial charge in [-0.3, -0.25) is 0 Å². The van der Waals surface area contributed by atoms with Gasteiger partial charge in [-0.25, -0.2) is 4.39 Å². The van der Waals surface area contributed by atoms with Crippen molar-refractivity contribution in [1.82, 2.24) is 14.5 Å². The van der Waals surface area contributed by atoms with Crippen LogP contribution in [0.4, 0.5) is 4.39 Å². The monoisotopic (exact) mass is 279 g/mol. The number of benzene rings is 1. The Morgan fingerprint density at radius 3 is 2.74 bits per heavy atom. The molecule has 0 aliphatic heterocycles. The second kappa shape index (κ2) is 4.42. The number of aromatic nitrogens is 2. The van der Waals surface area contributed by atoms with E-state index in [1.54, 1.807) is 6.07 Å². The molecule has 0 saturated heterocycles. The number of likely N-dealkylation sites (N-methyl/N-ethyl adjacent to an activating group) is 1. The van der Waals surface area contributed by atoms with Crippen LogP contribution in [0.5, 0.6) is 0 Å². The highest BCUT2D eigenvalue weighted by molar-refractivity contribution is 7.71. The first kappa shape index (κ1) is 12.8. The summed E-state index contributed by atoms with van der Waals surface area (Å²) >= 11 is 5.36. The Labute approximate surface area is 117 Å². The lowest BCUT2D eigenvalue weighted by Gasteiger charge is -2.47. The van der Waals surface area contributed by atoms with Crippen molar-refractivity contribution in [2.45, 2.75) is 31.3 Å². The third-order valence-corrected chi connectivity index (χ3v) is 4.77. The van der Waals surface area contributed by atoms with Crippen molar-refractivity contribution >= 4 is 23.3 Å². The van der Waals surface area contributed by atoms with Gasteiger partial charge in [0.25, 0.3) is 0 Å². The smallest absolute Gasteiger partial charge is 0.178 e. The van der Waals surface area contributed by atoms with E-state index in [1.165, 1.54) is 25.3 Å². The first-order valence-electron chi connectivity index (χ1n) is 6.58. The van der Waals surface area contributed by atoms with Crippen molar-refractivity contribution in [2.24, 2.45) is 0 Å². The lowest BCUT2D eigenvalue weighted by atomic mass is 9.75. The van der Waals surface area contributed by atoms with E-state index >= 15 is 0 Å². The van der Waals surface area contributed by atoms with Gasteiger partial charge in [0.15, 0.2) is 4.77 Å². The molecule has 0 radical (unpaired) electrons. The van der Waals surface area contributed by atoms with Crippen molar-refractivity contribution in [1.29, 1.82) is 0 Å². The first-order valence-corrected chi connectivity index (χ1v) is 6.99. The van der Waals surface area contributed by atoms with Gasteiger partial charge in [-0.05, 0) is 57.7 Å². The van der Waals surface area contributed by atoms with Crippen LogP contribution in [0.25, 0.3) is 11.0 Å². The fourth-order valence-electron chi connectivity index (χ4n) is 2.93. The molecule has 102 valence electrons. The molecule has 2 aromatic rings. The average Bonchev–Trinajstić information content (AvgIpc) is 2.61. The van der Waals surface area contributed by atoms with Gasteiger partial charge in [0, 0.05) is 12.1 Å². The van der Waals surface area contributed by atoms with E-state index in [-0.39, 0.29) is 11.4 Å². The summed E-state index contributed by atoms with van der Waals surface area (Å²) in [4.78, 5) is 5.26. The molecular weight excluding hydrogens is 261 g/mol. The van der Waals surface area contributed by atoms with Gasteiger partial charge in [0.2, 0.25) is 0 Å². The van der Waals surface area contributed by atoms with Crippen molar-refractivity contribution < 1.29 is 4.39 Å². The van der Waals surface area contributed by atoms with Crippen LogP contribution in [-0.2, 0) is 6.54 Å². The van der Waals surface area contributed by atoms with Gasteiger partial charge < -0.3 is 14.5 Å². The highest BCUT2D eigenvalue weighted by Gasteiger charge is 2.39. The maximum Gasteiger partial charge on any atom is 0.178 e. The number of imidazole rings is 1. The van der Waals surface area contributed by atoms with Crippen LogP contribution < -0.4 is 0 Å². The summed E-state index contributed by atoms with van der Waals surface area (Å²) < 4.78 is 16.4. The number of halogens is 1. The van der Waals surface area contributed by atoms with Gasteiger partial charge >= 0.3 is 0 Å². The molecule has 0 spiro atoms. The zero-order valence-corrected chi connectivity index (χ0v) is 12.1. The van der Waals surface area contributed by atoms with Crippen LogP contribution in [0.2, 0.25) is 0 Å². The highest BCUT2D eigenvalue weighted by Crippen LogP contribution is 2.38. The number of aromatic amines is 1. The summed E-state index contributed by atoms with van der Waals surface area (Å²) in [7, 11) is 4.22. The summed E-state index contributed by atoms with van der Waals surface area (Å²) in [6.45, 7) is 0.822. The maximum absolute atomic E-state index is 13.8. The van der Waals surface area contributed by atoms with Crippen LogP contribution in [0.3, 0.4) is 0 Å². The zero-order chi connectivity index (χ0) is 13.6. The van der Waals surface area contributed by atoms with Gasteiger partial charge in [-0.2, -0.15) is 0 Å². The molecule has 0 bridgehead atoms. The van der Waals surface area contributed by atoms with Crippen molar-refractivity contribution in [3.63, 3.8) is 0 Å². The lowest BCUT2D eigenvalue weighted by Crippen LogP contribution is -2.53. The minimum Gasteiger partial charge on any atom is -0.328 e. The molecule has 0 unspecified atom stereocenters. The van der Waals surface area contributed by atoms with Gasteiger partial charge in [0.05, 0.1) is 5.52 Å². The third kappa shape index (κ3) is 1.92. The summed E-state index contributed by atoms with van der Waals surface area (Å²) in [6.07, 6.45) is 3.59. The number of nitrogens with one attached hydrogen (secondary N) is 1. The molecule has 3 rings (SSSR count). The molecule has 5 heteroatoms. The maximum atomic E-state index is 13.8. The van der Waals surface area contributed by atoms with Gasteiger partial charge in [-0.15, -0.1) is 0 Å². The number of hydrogen-bond donors (Lipinski definition) is 1. The Kier molecular flexibility index (Phi) is 2.98. The molecule has 1 aliphatic carbocycles. The molecule has 1 aliphatic rings. The predicted octanol–water partition coefficient (Wildman–Crippen LogP) is 3.32. The summed E-state index contributed by atoms with van der Waals surface area (Å²) in [5.41, 5.74) is 1.54. The van der Waals surface area contributed by atoms with E-state index in [1.807, 2.05) is 10.6 Å². The summed E-state index contributed by atoms with van der Waals surface area (Å²) in [5.74, 6) is -0.241. The molecule has 1 heterocycles. The molecule has 0 atom stereocenters. The largest absolute Gasteiger partial charge is 0.328 e. The van der Waals surface area contributed by atoms with E-state index < -0.39 is 0 Å². The molecule has 1 aromatic carbocycles. The van der Waals surface area contributed by atoms with Gasteiger partial charge in [-0.1, -0.05) is 6.07 Å². The number of hydrogen-bond acceptors (Lipinski definition) is 2. The van der Waals surface area contributed by atoms with Crippen molar-refractivity contribution in [3.05, 3.63) is 28.8 Å². The Hall–Kier alpha value is -1.20. The van der Waals surface area contributed by atoms with Gasteiger partial charge in [0.1, 0.15) is 11.3 Å². The topological polar surface area (TPSA) is 24.0 Å². The molecule has 1 N–H and O–H groups in total. The fourth-order valence-corrected chi connectivity index (χ4v) is 3.19. The first-order chi connectivity index (χ1) is 9.03. The minimum absolute atomic E-state index is 0.166. The number of fused-ring (bicyclic) bond motifs is 1. The average molecular weight is 279 g/mol. The molecular formula is C14H18FN3S. The van der Waals surface area contributed by atoms with Crippen LogP contribution in [0.1, 0.15) is 19.3 Å². The molecule has 0 amide bonds. The number of para-hydroxylation sites is 1. The SMILES string of the molecule is CN(C)C1(Cn2c(=S)[nH]c3c(F)cccc32)CCC1. The number of rotatable bonds is 3. The van der Waals surface area contributed by atoms with E-state index in [2.05, 4.69) is 24.0 Å². The van der Waals surface area contributed by atoms with E-state index in [0.717, 1.165) is 12.1 Å². The summed E-state index contributed by atoms with van der Waals surface area (Å²) in [6, 6.07) is 5.12. The van der Waals surface area contributed by atoms with E-state index in [0.29, 0.717) is 10.3 Å². The van der Waals surface area contributed by atoms with Crippen molar-refractivity contribution in [2.75, 3.05) is 14.1 Å². The Balaban J connectivity index is 2.08. The normalized spacial score (nSPS) is 17.9. The minimum atomic E-state index is -0.241. The lowest BCUT2D eigenvalue weighted by molar-refractivity contribution is 0.0431. The Bertz CT molecular complexity index is 667. The molecule has 19 heavy (non-hydrogen) atoms. The number of nitrogens with zero attached hydrogens (tertiary/aromatic N) is 2. The second-order valence-electron chi connectivity index (χ2n) is 5.62. The molecule has 3 nitrogen and oxygen atoms in total. The zero-order valence-electron chi connectivity index (χ0n) is 11.2. The molecule has 1 aromatic heterocycles. The molecule has 1 fully saturated rings. The summed E-state index contributed by atoms with van der Waals surface area (Å²) in [5, 5.41) is 0. The second-order valence-corrected chi connectivity index (χ2v) is 6.01. The van der Waals surface area contributed by atoms with Crippen LogP contribution in [-0.4, -0.2) is 34.1 Å². The fraction of sp³-hybridized carbons (Fsp3) is 0.500. The quantitative estimate of drug-likeness (QED) is 0.871. The van der Waals surface area contributed by atoms with E-state index in [9.17, 15) is 4.39 Å². The van der Waals surface area contributed by atoms with Crippen molar-refractivity contribution in [3.8, 4) is 0 Å². The number of H-pyrrole nitrogens is 1. The third-order valence-electron chi connectivity index (χ3n) is 4.44. The van der Waals surface area contributed by atoms with E-state index in [4.69, 9.17) is 12.2 Å². The van der Waals surface area contributed by atoms with Crippen LogP contribution >= 0.6 is 12.2 Å². The van der Waals surface area contributed by atoms with Crippen LogP contribution in [0.15, 0.2) is 18.2 Å². The predicted molar refractivity (Wildman–Crippen MR) is 77.3 cm³/mol.